The van der Waals surface area contributed by atoms with Crippen LogP contribution in [0.25, 0.3) is 0 Å². The molecular formula is C9H19NO. The monoisotopic (exact) mass is 157 g/mol. The molecule has 66 valence electrons. The van der Waals surface area contributed by atoms with Crippen LogP contribution in [0, 0.1) is 5.92 Å². The molecule has 0 aromatic heterocycles. The van der Waals surface area contributed by atoms with Crippen molar-refractivity contribution in [1.82, 2.24) is 4.90 Å². The van der Waals surface area contributed by atoms with Gasteiger partial charge in [-0.1, -0.05) is 13.8 Å². The Bertz CT molecular complexity index is 96.1. The van der Waals surface area contributed by atoms with Crippen LogP contribution >= 0.6 is 0 Å². The van der Waals surface area contributed by atoms with Gasteiger partial charge in [0.25, 0.3) is 0 Å². The quantitative estimate of drug-likeness (QED) is 0.616. The van der Waals surface area contributed by atoms with Crippen molar-refractivity contribution >= 4 is 0 Å². The van der Waals surface area contributed by atoms with E-state index in [0.717, 1.165) is 6.04 Å². The Hall–Kier alpha value is -0.0800. The summed E-state index contributed by atoms with van der Waals surface area (Å²) < 4.78 is 0. The number of aliphatic hydroxyl groups is 1. The maximum atomic E-state index is 8.14. The molecule has 0 amide bonds. The maximum absolute atomic E-state index is 8.14. The van der Waals surface area contributed by atoms with E-state index in [0.29, 0.717) is 12.5 Å². The Morgan fingerprint density at radius 3 is 1.73 bits per heavy atom. The van der Waals surface area contributed by atoms with Crippen LogP contribution in [-0.4, -0.2) is 35.7 Å². The number of piperidine rings is 1. The van der Waals surface area contributed by atoms with Crippen LogP contribution in [0.2, 0.25) is 0 Å². The molecule has 0 spiro atoms. The van der Waals surface area contributed by atoms with Crippen molar-refractivity contribution in [2.24, 2.45) is 5.92 Å². The first-order chi connectivity index (χ1) is 5.24. The van der Waals surface area contributed by atoms with E-state index in [1.165, 1.54) is 25.9 Å². The van der Waals surface area contributed by atoms with Crippen LogP contribution in [0.15, 0.2) is 0 Å². The van der Waals surface area contributed by atoms with E-state index in [2.05, 4.69) is 4.90 Å². The second kappa shape index (κ2) is 4.07. The molecule has 0 saturated carbocycles. The van der Waals surface area contributed by atoms with Crippen molar-refractivity contribution in [3.05, 3.63) is 0 Å². The largest absolute Gasteiger partial charge is 0.396 e. The highest BCUT2D eigenvalue weighted by molar-refractivity contribution is 4.91. The van der Waals surface area contributed by atoms with Gasteiger partial charge in [0.05, 0.1) is 0 Å². The van der Waals surface area contributed by atoms with Crippen LogP contribution in [0.5, 0.6) is 0 Å². The molecule has 0 atom stereocenters. The zero-order valence-corrected chi connectivity index (χ0v) is 7.58. The van der Waals surface area contributed by atoms with E-state index in [4.69, 9.17) is 5.11 Å². The van der Waals surface area contributed by atoms with Gasteiger partial charge in [-0.15, -0.1) is 0 Å². The number of hydrogen-bond donors (Lipinski definition) is 1. The average Bonchev–Trinajstić information content (AvgIpc) is 1.98. The molecule has 2 heteroatoms. The second-order valence-corrected chi connectivity index (χ2v) is 3.84. The summed E-state index contributed by atoms with van der Waals surface area (Å²) in [6, 6.07) is 1.05. The minimum Gasteiger partial charge on any atom is -0.396 e. The minimum absolute atomic E-state index is 0.306. The van der Waals surface area contributed by atoms with Crippen LogP contribution in [-0.2, 0) is 0 Å². The van der Waals surface area contributed by atoms with Crippen molar-refractivity contribution in [2.45, 2.75) is 32.7 Å². The van der Waals surface area contributed by atoms with Crippen LogP contribution in [0.3, 0.4) is 0 Å². The highest BCUT2D eigenvalue weighted by atomic mass is 16.3. The second-order valence-electron chi connectivity index (χ2n) is 3.84. The number of fused-ring (bicyclic) bond motifs is 1. The molecule has 2 nitrogen and oxygen atoms in total. The number of nitrogens with zero attached hydrogens (tertiary/aromatic N) is 1. The lowest BCUT2D eigenvalue weighted by Crippen LogP contribution is -2.57. The summed E-state index contributed by atoms with van der Waals surface area (Å²) in [6.45, 7) is 7.04. The Morgan fingerprint density at radius 2 is 1.73 bits per heavy atom. The molecule has 2 fully saturated rings. The van der Waals surface area contributed by atoms with Gasteiger partial charge < -0.3 is 10.0 Å². The Labute approximate surface area is 69.2 Å². The average molecular weight is 157 g/mol. The van der Waals surface area contributed by atoms with Crippen molar-refractivity contribution in [3.63, 3.8) is 0 Å². The van der Waals surface area contributed by atoms with Crippen molar-refractivity contribution in [1.29, 1.82) is 0 Å². The van der Waals surface area contributed by atoms with Crippen LogP contribution in [0.1, 0.15) is 26.7 Å². The van der Waals surface area contributed by atoms with Crippen molar-refractivity contribution < 1.29 is 5.11 Å². The summed E-state index contributed by atoms with van der Waals surface area (Å²) >= 11 is 0. The van der Waals surface area contributed by atoms with E-state index in [9.17, 15) is 0 Å². The molecule has 0 aliphatic carbocycles. The summed E-state index contributed by atoms with van der Waals surface area (Å²) in [5.41, 5.74) is 0. The number of rotatable bonds is 1. The zero-order valence-electron chi connectivity index (χ0n) is 7.58. The topological polar surface area (TPSA) is 23.5 Å². The van der Waals surface area contributed by atoms with E-state index < -0.39 is 0 Å². The van der Waals surface area contributed by atoms with E-state index >= 15 is 0 Å². The lowest BCUT2D eigenvalue weighted by molar-refractivity contribution is -0.00222. The third-order valence-corrected chi connectivity index (χ3v) is 2.38. The van der Waals surface area contributed by atoms with Gasteiger partial charge in [-0.3, -0.25) is 0 Å². The fourth-order valence-electron chi connectivity index (χ4n) is 1.24. The molecule has 11 heavy (non-hydrogen) atoms. The van der Waals surface area contributed by atoms with E-state index in [1.807, 2.05) is 13.8 Å². The first-order valence-electron chi connectivity index (χ1n) is 4.59. The fraction of sp³-hybridized carbons (Fsp3) is 1.00. The summed E-state index contributed by atoms with van der Waals surface area (Å²) in [5, 5.41) is 8.14. The third-order valence-electron chi connectivity index (χ3n) is 2.38. The van der Waals surface area contributed by atoms with Gasteiger partial charge in [0, 0.05) is 12.6 Å². The molecule has 0 unspecified atom stereocenters. The fourth-order valence-corrected chi connectivity index (χ4v) is 1.24. The summed E-state index contributed by atoms with van der Waals surface area (Å²) in [5.74, 6) is 0.440. The van der Waals surface area contributed by atoms with Gasteiger partial charge in [-0.05, 0) is 31.8 Å². The lowest BCUT2D eigenvalue weighted by atomic mass is 9.91. The molecule has 0 bridgehead atoms. The van der Waals surface area contributed by atoms with Crippen molar-refractivity contribution in [3.8, 4) is 0 Å². The molecule has 0 aromatic rings. The van der Waals surface area contributed by atoms with Gasteiger partial charge >= 0.3 is 0 Å². The van der Waals surface area contributed by atoms with E-state index in [-0.39, 0.29) is 0 Å². The van der Waals surface area contributed by atoms with Gasteiger partial charge in [-0.2, -0.15) is 0 Å². The Balaban J connectivity index is 0.000000114. The van der Waals surface area contributed by atoms with Gasteiger partial charge in [0.2, 0.25) is 0 Å². The predicted octanol–water partition coefficient (Wildman–Crippen LogP) is 1.10. The molecule has 0 radical (unpaired) electrons. The van der Waals surface area contributed by atoms with E-state index in [1.54, 1.807) is 0 Å². The summed E-state index contributed by atoms with van der Waals surface area (Å²) in [4.78, 5) is 2.53. The highest BCUT2D eigenvalue weighted by Gasteiger charge is 2.34. The molecule has 2 saturated heterocycles. The first kappa shape index (κ1) is 9.01. The molecular weight excluding hydrogens is 138 g/mol. The van der Waals surface area contributed by atoms with Gasteiger partial charge in [0.1, 0.15) is 0 Å². The third kappa shape index (κ3) is 2.46. The number of aliphatic hydroxyl groups excluding tert-OH is 1. The predicted molar refractivity (Wildman–Crippen MR) is 46.5 cm³/mol. The van der Waals surface area contributed by atoms with Crippen molar-refractivity contribution in [2.75, 3.05) is 19.7 Å². The molecule has 0 aromatic carbocycles. The smallest absolute Gasteiger partial charge is 0.0453 e. The summed E-state index contributed by atoms with van der Waals surface area (Å²) in [7, 11) is 0. The Kier molecular flexibility index (Phi) is 3.34. The van der Waals surface area contributed by atoms with Crippen LogP contribution in [0.4, 0.5) is 0 Å². The molecule has 2 aliphatic rings. The standard InChI is InChI=1S/C5H9N.C4H10O/c1-3-6-4-2-5(1)6;1-4(2)3-5/h5H,1-4H2;4-5H,3H2,1-2H3. The van der Waals surface area contributed by atoms with Gasteiger partial charge in [-0.25, -0.2) is 0 Å². The number of hydrogen-bond acceptors (Lipinski definition) is 2. The highest BCUT2D eigenvalue weighted by Crippen LogP contribution is 2.28. The minimum atomic E-state index is 0.306. The molecule has 2 rings (SSSR count). The molecule has 1 N–H and O–H groups in total. The van der Waals surface area contributed by atoms with Gasteiger partial charge in [0.15, 0.2) is 0 Å². The normalized spacial score (nSPS) is 22.9. The zero-order chi connectivity index (χ0) is 8.27. The molecule has 2 heterocycles. The van der Waals surface area contributed by atoms with Crippen LogP contribution < -0.4 is 0 Å². The first-order valence-corrected chi connectivity index (χ1v) is 4.59. The molecule has 2 aliphatic heterocycles. The Morgan fingerprint density at radius 1 is 1.36 bits per heavy atom. The summed E-state index contributed by atoms with van der Waals surface area (Å²) in [6.07, 6.45) is 2.97. The lowest BCUT2D eigenvalue weighted by Gasteiger charge is -2.50. The maximum Gasteiger partial charge on any atom is 0.0453 e. The SMILES string of the molecule is C1CN2CCC12.CC(C)CO.